The second-order valence-corrected chi connectivity index (χ2v) is 6.38. The molecule has 4 rings (SSSR count). The van der Waals surface area contributed by atoms with Gasteiger partial charge in [0.1, 0.15) is 0 Å². The first kappa shape index (κ1) is 13.1. The van der Waals surface area contributed by atoms with Crippen LogP contribution >= 0.6 is 0 Å². The number of hydrogen-bond acceptors (Lipinski definition) is 4. The summed E-state index contributed by atoms with van der Waals surface area (Å²) in [6, 6.07) is 5.32. The molecule has 5 nitrogen and oxygen atoms in total. The number of fused-ring (bicyclic) bond motifs is 1. The van der Waals surface area contributed by atoms with E-state index in [9.17, 15) is 0 Å². The van der Waals surface area contributed by atoms with Crippen LogP contribution in [0.2, 0.25) is 0 Å². The van der Waals surface area contributed by atoms with Crippen LogP contribution in [-0.4, -0.2) is 39.8 Å². The van der Waals surface area contributed by atoms with Gasteiger partial charge in [-0.05, 0) is 57.2 Å². The minimum absolute atomic E-state index is 0.555. The van der Waals surface area contributed by atoms with E-state index < -0.39 is 0 Å². The van der Waals surface area contributed by atoms with Gasteiger partial charge in [-0.2, -0.15) is 4.98 Å². The fraction of sp³-hybridized carbons (Fsp3) is 0.625. The molecular weight excluding hydrogens is 262 g/mol. The van der Waals surface area contributed by atoms with E-state index >= 15 is 0 Å². The molecule has 0 amide bonds. The summed E-state index contributed by atoms with van der Waals surface area (Å²) in [7, 11) is 0. The lowest BCUT2D eigenvalue weighted by atomic mass is 9.95. The van der Waals surface area contributed by atoms with E-state index in [1.807, 2.05) is 4.52 Å². The first-order chi connectivity index (χ1) is 10.3. The summed E-state index contributed by atoms with van der Waals surface area (Å²) in [6.07, 6.45) is 8.47. The standard InChI is InChI=1S/C16H23N5/c1-12-7-8-15-18-16(19-21(15)11-12)20-10-3-2-6-14(20)13-5-4-9-17-13/h7-8,11,13-14,17H,2-6,9-10H2,1H3. The molecule has 2 aliphatic rings. The number of nitrogens with one attached hydrogen (secondary N) is 1. The zero-order valence-electron chi connectivity index (χ0n) is 12.6. The topological polar surface area (TPSA) is 45.5 Å². The van der Waals surface area contributed by atoms with Crippen molar-refractivity contribution in [1.82, 2.24) is 19.9 Å². The van der Waals surface area contributed by atoms with Crippen LogP contribution in [0.3, 0.4) is 0 Å². The van der Waals surface area contributed by atoms with Crippen LogP contribution < -0.4 is 10.2 Å². The van der Waals surface area contributed by atoms with Crippen molar-refractivity contribution in [3.8, 4) is 0 Å². The summed E-state index contributed by atoms with van der Waals surface area (Å²) in [5.74, 6) is 0.902. The van der Waals surface area contributed by atoms with Crippen molar-refractivity contribution >= 4 is 11.6 Å². The number of aryl methyl sites for hydroxylation is 1. The Morgan fingerprint density at radius 2 is 2.14 bits per heavy atom. The maximum absolute atomic E-state index is 4.75. The average Bonchev–Trinajstić information content (AvgIpc) is 3.16. The Morgan fingerprint density at radius 1 is 1.19 bits per heavy atom. The third-order valence-corrected chi connectivity index (χ3v) is 4.84. The molecule has 4 heterocycles. The number of hydrogen-bond donors (Lipinski definition) is 1. The molecule has 112 valence electrons. The lowest BCUT2D eigenvalue weighted by Crippen LogP contribution is -2.50. The molecule has 2 fully saturated rings. The van der Waals surface area contributed by atoms with Crippen molar-refractivity contribution in [3.05, 3.63) is 23.9 Å². The largest absolute Gasteiger partial charge is 0.335 e. The second-order valence-electron chi connectivity index (χ2n) is 6.38. The van der Waals surface area contributed by atoms with Crippen molar-refractivity contribution in [1.29, 1.82) is 0 Å². The number of rotatable bonds is 2. The van der Waals surface area contributed by atoms with Gasteiger partial charge in [-0.15, -0.1) is 5.10 Å². The maximum Gasteiger partial charge on any atom is 0.245 e. The van der Waals surface area contributed by atoms with Crippen LogP contribution in [0.5, 0.6) is 0 Å². The average molecular weight is 285 g/mol. The molecule has 0 spiro atoms. The minimum Gasteiger partial charge on any atom is -0.335 e. The normalized spacial score (nSPS) is 26.6. The van der Waals surface area contributed by atoms with E-state index in [0.717, 1.165) is 24.7 Å². The fourth-order valence-electron chi connectivity index (χ4n) is 3.76. The van der Waals surface area contributed by atoms with Gasteiger partial charge in [-0.25, -0.2) is 4.52 Å². The molecule has 0 saturated carbocycles. The van der Waals surface area contributed by atoms with E-state index in [1.54, 1.807) is 0 Å². The van der Waals surface area contributed by atoms with Gasteiger partial charge in [0.2, 0.25) is 5.95 Å². The number of nitrogens with zero attached hydrogens (tertiary/aromatic N) is 4. The lowest BCUT2D eigenvalue weighted by molar-refractivity contribution is 0.374. The molecule has 0 bridgehead atoms. The maximum atomic E-state index is 4.75. The van der Waals surface area contributed by atoms with E-state index in [2.05, 4.69) is 35.5 Å². The minimum atomic E-state index is 0.555. The number of anilines is 1. The predicted octanol–water partition coefficient (Wildman–Crippen LogP) is 2.15. The Kier molecular flexibility index (Phi) is 3.30. The van der Waals surface area contributed by atoms with Crippen molar-refractivity contribution in [2.24, 2.45) is 0 Å². The van der Waals surface area contributed by atoms with E-state index in [-0.39, 0.29) is 0 Å². The number of aromatic nitrogens is 3. The summed E-state index contributed by atoms with van der Waals surface area (Å²) >= 11 is 0. The van der Waals surface area contributed by atoms with Gasteiger partial charge < -0.3 is 10.2 Å². The first-order valence-electron chi connectivity index (χ1n) is 8.14. The van der Waals surface area contributed by atoms with Gasteiger partial charge in [-0.3, -0.25) is 0 Å². The summed E-state index contributed by atoms with van der Waals surface area (Å²) in [5, 5.41) is 8.39. The highest BCUT2D eigenvalue weighted by Crippen LogP contribution is 2.27. The molecule has 5 heteroatoms. The highest BCUT2D eigenvalue weighted by Gasteiger charge is 2.33. The quantitative estimate of drug-likeness (QED) is 0.918. The van der Waals surface area contributed by atoms with Gasteiger partial charge in [-0.1, -0.05) is 6.07 Å². The van der Waals surface area contributed by atoms with Crippen molar-refractivity contribution in [2.45, 2.75) is 51.1 Å². The zero-order chi connectivity index (χ0) is 14.2. The zero-order valence-corrected chi connectivity index (χ0v) is 12.6. The third kappa shape index (κ3) is 2.39. The summed E-state index contributed by atoms with van der Waals surface area (Å²) in [4.78, 5) is 7.19. The molecule has 2 saturated heterocycles. The van der Waals surface area contributed by atoms with E-state index in [4.69, 9.17) is 10.1 Å². The molecule has 2 atom stereocenters. The molecule has 21 heavy (non-hydrogen) atoms. The predicted molar refractivity (Wildman–Crippen MR) is 83.7 cm³/mol. The van der Waals surface area contributed by atoms with Crippen LogP contribution in [0.1, 0.15) is 37.7 Å². The van der Waals surface area contributed by atoms with E-state index in [1.165, 1.54) is 37.7 Å². The lowest BCUT2D eigenvalue weighted by Gasteiger charge is -2.38. The van der Waals surface area contributed by atoms with Crippen LogP contribution in [0.25, 0.3) is 5.65 Å². The Bertz CT molecular complexity index is 629. The summed E-state index contributed by atoms with van der Waals surface area (Å²) in [6.45, 7) is 4.33. The second kappa shape index (κ2) is 5.30. The van der Waals surface area contributed by atoms with Gasteiger partial charge in [0.05, 0.1) is 0 Å². The molecular formula is C16H23N5. The SMILES string of the molecule is Cc1ccc2nc(N3CCCCC3C3CCCN3)nn2c1. The molecule has 2 aliphatic heterocycles. The smallest absolute Gasteiger partial charge is 0.245 e. The molecule has 0 aromatic carbocycles. The summed E-state index contributed by atoms with van der Waals surface area (Å²) in [5.41, 5.74) is 2.16. The van der Waals surface area contributed by atoms with Gasteiger partial charge in [0, 0.05) is 24.8 Å². The van der Waals surface area contributed by atoms with Crippen LogP contribution in [0.15, 0.2) is 18.3 Å². The number of piperidine rings is 1. The van der Waals surface area contributed by atoms with Crippen molar-refractivity contribution < 1.29 is 0 Å². The Labute approximate surface area is 125 Å². The molecule has 2 aromatic rings. The van der Waals surface area contributed by atoms with Crippen LogP contribution in [0, 0.1) is 6.92 Å². The van der Waals surface area contributed by atoms with Crippen LogP contribution in [-0.2, 0) is 0 Å². The molecule has 2 aromatic heterocycles. The monoisotopic (exact) mass is 285 g/mol. The van der Waals surface area contributed by atoms with Crippen molar-refractivity contribution in [3.63, 3.8) is 0 Å². The first-order valence-corrected chi connectivity index (χ1v) is 8.14. The van der Waals surface area contributed by atoms with Gasteiger partial charge in [0.25, 0.3) is 0 Å². The highest BCUT2D eigenvalue weighted by atomic mass is 15.4. The van der Waals surface area contributed by atoms with Crippen LogP contribution in [0.4, 0.5) is 5.95 Å². The van der Waals surface area contributed by atoms with Gasteiger partial charge in [0.15, 0.2) is 5.65 Å². The Balaban J connectivity index is 1.67. The number of pyridine rings is 1. The molecule has 2 unspecified atom stereocenters. The Morgan fingerprint density at radius 3 is 3.00 bits per heavy atom. The molecule has 1 N–H and O–H groups in total. The highest BCUT2D eigenvalue weighted by molar-refractivity contribution is 5.46. The third-order valence-electron chi connectivity index (χ3n) is 4.84. The molecule has 0 aliphatic carbocycles. The molecule has 0 radical (unpaired) electrons. The van der Waals surface area contributed by atoms with Gasteiger partial charge >= 0.3 is 0 Å². The van der Waals surface area contributed by atoms with Crippen molar-refractivity contribution in [2.75, 3.05) is 18.0 Å². The summed E-state index contributed by atoms with van der Waals surface area (Å²) < 4.78 is 1.92. The Hall–Kier alpha value is -1.62. The fourth-order valence-corrected chi connectivity index (χ4v) is 3.76. The van der Waals surface area contributed by atoms with E-state index in [0.29, 0.717) is 12.1 Å².